The number of carbonyl (C=O) groups is 1. The Balaban J connectivity index is 1.54. The van der Waals surface area contributed by atoms with E-state index in [1.54, 1.807) is 12.3 Å². The largest absolute Gasteiger partial charge is 0.436 e. The van der Waals surface area contributed by atoms with E-state index in [-0.39, 0.29) is 17.9 Å². The molecule has 150 valence electrons. The molecule has 3 aromatic rings. The summed E-state index contributed by atoms with van der Waals surface area (Å²) < 4.78 is 11.4. The van der Waals surface area contributed by atoms with Crippen LogP contribution in [0.1, 0.15) is 23.2 Å². The molecule has 6 nitrogen and oxygen atoms in total. The minimum absolute atomic E-state index is 0.0778. The van der Waals surface area contributed by atoms with E-state index in [1.165, 1.54) is 0 Å². The average Bonchev–Trinajstić information content (AvgIpc) is 3.43. The van der Waals surface area contributed by atoms with Crippen molar-refractivity contribution in [3.05, 3.63) is 66.4 Å². The molecule has 0 radical (unpaired) electrons. The van der Waals surface area contributed by atoms with Gasteiger partial charge in [0.1, 0.15) is 0 Å². The lowest BCUT2D eigenvalue weighted by Gasteiger charge is -2.26. The van der Waals surface area contributed by atoms with Crippen molar-refractivity contribution in [2.24, 2.45) is 5.41 Å². The van der Waals surface area contributed by atoms with Gasteiger partial charge in [-0.05, 0) is 25.0 Å². The van der Waals surface area contributed by atoms with Crippen molar-refractivity contribution < 1.29 is 19.1 Å². The molecule has 0 spiro atoms. The molecule has 29 heavy (non-hydrogen) atoms. The molecule has 1 aliphatic rings. The molecular formula is C23H24N2O4. The first-order valence-electron chi connectivity index (χ1n) is 9.78. The van der Waals surface area contributed by atoms with Crippen LogP contribution < -0.4 is 5.32 Å². The zero-order chi connectivity index (χ0) is 20.1. The summed E-state index contributed by atoms with van der Waals surface area (Å²) in [5, 5.41) is 12.4. The van der Waals surface area contributed by atoms with Crippen LogP contribution in [0, 0.1) is 5.41 Å². The summed E-state index contributed by atoms with van der Waals surface area (Å²) in [7, 11) is 0. The Kier molecular flexibility index (Phi) is 5.74. The molecule has 6 heteroatoms. The van der Waals surface area contributed by atoms with Crippen LogP contribution >= 0.6 is 0 Å². The first-order chi connectivity index (χ1) is 14.2. The van der Waals surface area contributed by atoms with Crippen molar-refractivity contribution in [3.63, 3.8) is 0 Å². The van der Waals surface area contributed by atoms with E-state index in [9.17, 15) is 9.90 Å². The number of amides is 1. The number of benzene rings is 2. The van der Waals surface area contributed by atoms with Crippen molar-refractivity contribution in [2.75, 3.05) is 26.4 Å². The number of aromatic nitrogens is 1. The predicted octanol–water partition coefficient (Wildman–Crippen LogP) is 3.53. The molecule has 0 unspecified atom stereocenters. The number of nitrogens with zero attached hydrogens (tertiary/aromatic N) is 1. The molecule has 0 aliphatic carbocycles. The zero-order valence-electron chi connectivity index (χ0n) is 16.1. The Bertz CT molecular complexity index is 962. The maximum atomic E-state index is 12.9. The van der Waals surface area contributed by atoms with E-state index >= 15 is 0 Å². The Hall–Kier alpha value is -2.96. The Labute approximate surface area is 169 Å². The predicted molar refractivity (Wildman–Crippen MR) is 109 cm³/mol. The molecule has 2 N–H and O–H groups in total. The molecule has 1 aliphatic heterocycles. The summed E-state index contributed by atoms with van der Waals surface area (Å²) in [5.41, 5.74) is 1.88. The van der Waals surface area contributed by atoms with Gasteiger partial charge in [-0.2, -0.15) is 0 Å². The van der Waals surface area contributed by atoms with Gasteiger partial charge in [0.25, 0.3) is 5.91 Å². The molecule has 1 aromatic heterocycles. The SMILES string of the molecule is O=C(NC[C@@]1(CCO)CCOC1)c1ccccc1-c1ncc(-c2ccccc2)o1. The first-order valence-corrected chi connectivity index (χ1v) is 9.78. The Morgan fingerprint density at radius 2 is 1.93 bits per heavy atom. The lowest BCUT2D eigenvalue weighted by molar-refractivity contribution is 0.0890. The molecule has 2 heterocycles. The van der Waals surface area contributed by atoms with Crippen LogP contribution in [0.2, 0.25) is 0 Å². The summed E-state index contributed by atoms with van der Waals surface area (Å²) >= 11 is 0. The summed E-state index contributed by atoms with van der Waals surface area (Å²) in [6, 6.07) is 17.0. The van der Waals surface area contributed by atoms with E-state index in [0.29, 0.717) is 49.0 Å². The molecule has 4 rings (SSSR count). The average molecular weight is 392 g/mol. The van der Waals surface area contributed by atoms with Gasteiger partial charge < -0.3 is 19.6 Å². The second-order valence-corrected chi connectivity index (χ2v) is 7.40. The third kappa shape index (κ3) is 4.23. The van der Waals surface area contributed by atoms with Crippen molar-refractivity contribution in [1.29, 1.82) is 0 Å². The van der Waals surface area contributed by atoms with Crippen molar-refractivity contribution in [3.8, 4) is 22.8 Å². The minimum atomic E-state index is -0.206. The highest BCUT2D eigenvalue weighted by molar-refractivity contribution is 6.00. The second-order valence-electron chi connectivity index (χ2n) is 7.40. The van der Waals surface area contributed by atoms with Crippen LogP contribution in [0.15, 0.2) is 65.2 Å². The molecule has 0 saturated carbocycles. The van der Waals surface area contributed by atoms with Gasteiger partial charge >= 0.3 is 0 Å². The van der Waals surface area contributed by atoms with Gasteiger partial charge in [0.05, 0.1) is 18.4 Å². The molecule has 1 amide bonds. The molecule has 1 fully saturated rings. The number of hydrogen-bond donors (Lipinski definition) is 2. The van der Waals surface area contributed by atoms with Gasteiger partial charge in [0, 0.05) is 36.3 Å². The zero-order valence-corrected chi connectivity index (χ0v) is 16.1. The summed E-state index contributed by atoms with van der Waals surface area (Å²) in [5.74, 6) is 0.869. The maximum Gasteiger partial charge on any atom is 0.252 e. The Morgan fingerprint density at radius 3 is 2.69 bits per heavy atom. The summed E-state index contributed by atoms with van der Waals surface area (Å²) in [6.07, 6.45) is 3.11. The van der Waals surface area contributed by atoms with Gasteiger partial charge in [-0.3, -0.25) is 4.79 Å². The molecule has 2 aromatic carbocycles. The van der Waals surface area contributed by atoms with Gasteiger partial charge in [0.2, 0.25) is 5.89 Å². The fraction of sp³-hybridized carbons (Fsp3) is 0.304. The van der Waals surface area contributed by atoms with E-state index in [2.05, 4.69) is 10.3 Å². The number of aliphatic hydroxyl groups is 1. The number of carbonyl (C=O) groups excluding carboxylic acids is 1. The van der Waals surface area contributed by atoms with E-state index < -0.39 is 0 Å². The summed E-state index contributed by atoms with van der Waals surface area (Å²) in [4.78, 5) is 17.3. The van der Waals surface area contributed by atoms with Gasteiger partial charge in [-0.15, -0.1) is 0 Å². The van der Waals surface area contributed by atoms with Crippen LogP contribution in [0.4, 0.5) is 0 Å². The van der Waals surface area contributed by atoms with Crippen LogP contribution in [0.25, 0.3) is 22.8 Å². The van der Waals surface area contributed by atoms with Crippen LogP contribution in [0.3, 0.4) is 0 Å². The van der Waals surface area contributed by atoms with E-state index in [4.69, 9.17) is 9.15 Å². The first kappa shape index (κ1) is 19.4. The maximum absolute atomic E-state index is 12.9. The minimum Gasteiger partial charge on any atom is -0.436 e. The van der Waals surface area contributed by atoms with Crippen molar-refractivity contribution in [2.45, 2.75) is 12.8 Å². The van der Waals surface area contributed by atoms with Crippen molar-refractivity contribution in [1.82, 2.24) is 10.3 Å². The van der Waals surface area contributed by atoms with Gasteiger partial charge in [0.15, 0.2) is 5.76 Å². The highest BCUT2D eigenvalue weighted by Crippen LogP contribution is 2.32. The van der Waals surface area contributed by atoms with Gasteiger partial charge in [-0.1, -0.05) is 42.5 Å². The molecule has 1 atom stereocenters. The topological polar surface area (TPSA) is 84.6 Å². The van der Waals surface area contributed by atoms with E-state index in [0.717, 1.165) is 12.0 Å². The number of oxazole rings is 1. The fourth-order valence-electron chi connectivity index (χ4n) is 3.68. The number of rotatable bonds is 7. The summed E-state index contributed by atoms with van der Waals surface area (Å²) in [6.45, 7) is 1.75. The number of hydrogen-bond acceptors (Lipinski definition) is 5. The van der Waals surface area contributed by atoms with Gasteiger partial charge in [-0.25, -0.2) is 4.98 Å². The quantitative estimate of drug-likeness (QED) is 0.643. The molecule has 0 bridgehead atoms. The van der Waals surface area contributed by atoms with Crippen molar-refractivity contribution >= 4 is 5.91 Å². The van der Waals surface area contributed by atoms with E-state index in [1.807, 2.05) is 48.5 Å². The lowest BCUT2D eigenvalue weighted by Crippen LogP contribution is -2.39. The fourth-order valence-corrected chi connectivity index (χ4v) is 3.68. The van der Waals surface area contributed by atoms with Crippen LogP contribution in [-0.2, 0) is 4.74 Å². The van der Waals surface area contributed by atoms with Crippen LogP contribution in [-0.4, -0.2) is 42.4 Å². The standard InChI is InChI=1S/C23H24N2O4/c26-12-10-23(11-13-28-16-23)15-25-21(27)18-8-4-5-9-19(18)22-24-14-20(29-22)17-6-2-1-3-7-17/h1-9,14,26H,10-13,15-16H2,(H,25,27)/t23-/m1/s1. The third-order valence-electron chi connectivity index (χ3n) is 5.42. The highest BCUT2D eigenvalue weighted by atomic mass is 16.5. The van der Waals surface area contributed by atoms with Crippen LogP contribution in [0.5, 0.6) is 0 Å². The smallest absolute Gasteiger partial charge is 0.252 e. The number of ether oxygens (including phenoxy) is 1. The molecular weight excluding hydrogens is 368 g/mol. The monoisotopic (exact) mass is 392 g/mol. The number of aliphatic hydroxyl groups excluding tert-OH is 1. The second kappa shape index (κ2) is 8.59. The number of nitrogens with one attached hydrogen (secondary N) is 1. The Morgan fingerprint density at radius 1 is 1.14 bits per heavy atom. The highest BCUT2D eigenvalue weighted by Gasteiger charge is 2.35. The molecule has 1 saturated heterocycles. The normalized spacial score (nSPS) is 18.7. The lowest BCUT2D eigenvalue weighted by atomic mass is 9.84. The third-order valence-corrected chi connectivity index (χ3v) is 5.42.